The predicted octanol–water partition coefficient (Wildman–Crippen LogP) is 17.1. The van der Waals surface area contributed by atoms with E-state index in [1.807, 2.05) is 0 Å². The molecule has 12 rings (SSSR count). The van der Waals surface area contributed by atoms with Gasteiger partial charge in [0.25, 0.3) is 0 Å². The number of rotatable bonds is 7. The van der Waals surface area contributed by atoms with Gasteiger partial charge in [-0.05, 0) is 93.7 Å². The first-order valence-electron chi connectivity index (χ1n) is 22.9. The van der Waals surface area contributed by atoms with Crippen LogP contribution in [0.5, 0.6) is 0 Å². The van der Waals surface area contributed by atoms with Crippen molar-refractivity contribution in [2.24, 2.45) is 0 Å². The van der Waals surface area contributed by atoms with Gasteiger partial charge in [0.1, 0.15) is 0 Å². The highest BCUT2D eigenvalue weighted by atomic mass is 15.2. The number of nitrogens with zero attached hydrogens (tertiary/aromatic N) is 2. The van der Waals surface area contributed by atoms with Crippen molar-refractivity contribution < 1.29 is 0 Å². The minimum Gasteiger partial charge on any atom is -0.309 e. The van der Waals surface area contributed by atoms with Crippen LogP contribution >= 0.6 is 0 Å². The van der Waals surface area contributed by atoms with Gasteiger partial charge in [0, 0.05) is 38.4 Å². The van der Waals surface area contributed by atoms with Crippen LogP contribution in [0.3, 0.4) is 0 Å². The summed E-state index contributed by atoms with van der Waals surface area (Å²) in [5, 5.41) is 5.23. The van der Waals surface area contributed by atoms with E-state index in [2.05, 4.69) is 224 Å². The normalized spacial score (nSPS) is 14.6. The summed E-state index contributed by atoms with van der Waals surface area (Å²) in [6.07, 6.45) is 6.54. The van der Waals surface area contributed by atoms with Crippen molar-refractivity contribution in [2.45, 2.75) is 57.3 Å². The second-order valence-corrected chi connectivity index (χ2v) is 18.2. The van der Waals surface area contributed by atoms with Gasteiger partial charge in [-0.15, -0.1) is 0 Å². The first-order valence-corrected chi connectivity index (χ1v) is 22.9. The van der Waals surface area contributed by atoms with Crippen LogP contribution in [-0.4, -0.2) is 4.57 Å². The molecular formula is C61H50N2. The third-order valence-corrected chi connectivity index (χ3v) is 14.4. The predicted molar refractivity (Wildman–Crippen MR) is 267 cm³/mol. The molecule has 304 valence electrons. The van der Waals surface area contributed by atoms with Gasteiger partial charge in [0.2, 0.25) is 0 Å². The van der Waals surface area contributed by atoms with E-state index in [1.54, 1.807) is 0 Å². The first kappa shape index (κ1) is 37.6. The summed E-state index contributed by atoms with van der Waals surface area (Å²) in [4.78, 5) is 2.59. The number of benzene rings is 9. The van der Waals surface area contributed by atoms with E-state index in [4.69, 9.17) is 0 Å². The van der Waals surface area contributed by atoms with E-state index in [9.17, 15) is 0 Å². The number of hydrogen-bond acceptors (Lipinski definition) is 1. The first-order chi connectivity index (χ1) is 31.1. The second kappa shape index (κ2) is 15.0. The van der Waals surface area contributed by atoms with Crippen LogP contribution in [0.1, 0.15) is 68.6 Å². The van der Waals surface area contributed by atoms with Crippen LogP contribution in [-0.2, 0) is 5.41 Å². The molecule has 10 aromatic rings. The molecule has 0 unspecified atom stereocenters. The monoisotopic (exact) mass is 810 g/mol. The maximum Gasteiger partial charge on any atom is 0.0543 e. The molecule has 1 saturated carbocycles. The summed E-state index contributed by atoms with van der Waals surface area (Å²) >= 11 is 0. The second-order valence-electron chi connectivity index (χ2n) is 18.2. The van der Waals surface area contributed by atoms with Gasteiger partial charge in [-0.3, -0.25) is 0 Å². The Morgan fingerprint density at radius 3 is 1.60 bits per heavy atom. The summed E-state index contributed by atoms with van der Waals surface area (Å²) < 4.78 is 2.47. The summed E-state index contributed by atoms with van der Waals surface area (Å²) in [7, 11) is 0. The topological polar surface area (TPSA) is 8.17 Å². The van der Waals surface area contributed by atoms with Gasteiger partial charge in [0.15, 0.2) is 0 Å². The molecule has 0 radical (unpaired) electrons. The molecule has 0 aliphatic heterocycles. The fourth-order valence-corrected chi connectivity index (χ4v) is 11.5. The smallest absolute Gasteiger partial charge is 0.0543 e. The van der Waals surface area contributed by atoms with Crippen molar-refractivity contribution in [1.29, 1.82) is 0 Å². The Hall–Kier alpha value is -7.16. The Bertz CT molecular complexity index is 3320. The molecular weight excluding hydrogens is 761 g/mol. The van der Waals surface area contributed by atoms with Crippen molar-refractivity contribution >= 4 is 49.6 Å². The van der Waals surface area contributed by atoms with Gasteiger partial charge in [-0.25, -0.2) is 0 Å². The molecule has 9 aromatic carbocycles. The number of aromatic nitrogens is 1. The lowest BCUT2D eigenvalue weighted by atomic mass is 9.81. The van der Waals surface area contributed by atoms with Crippen LogP contribution in [0.15, 0.2) is 200 Å². The van der Waals surface area contributed by atoms with Gasteiger partial charge >= 0.3 is 0 Å². The SMILES string of the molecule is CC1(C)c2ccccc2-c2c(N(c3ccccc3-c3ccccc3-n3c4ccccc4c4ccccc43)c3ccccc3-c3ccc(C4CCCCC4)c4ccccc34)cccc21. The van der Waals surface area contributed by atoms with E-state index < -0.39 is 0 Å². The molecule has 0 saturated heterocycles. The average molecular weight is 811 g/mol. The molecule has 0 N–H and O–H groups in total. The maximum atomic E-state index is 2.59. The van der Waals surface area contributed by atoms with Crippen molar-refractivity contribution in [2.75, 3.05) is 4.90 Å². The van der Waals surface area contributed by atoms with Crippen molar-refractivity contribution in [3.8, 4) is 39.1 Å². The molecule has 2 aliphatic rings. The molecule has 2 nitrogen and oxygen atoms in total. The Morgan fingerprint density at radius 1 is 0.397 bits per heavy atom. The standard InChI is InChI=1S/C61H50N2/c1-61(2)52-31-14-8-30-51(52)60-53(61)32-20-38-59(60)63(54-33-15-9-25-46(54)45-40-39-42(41-21-4-3-5-22-41)43-23-6-7-24-44(43)45)58-37-19-13-29-50(58)49-28-12-18-36-57(49)62-55-34-16-10-26-47(55)48-27-11-17-35-56(48)62/h6-20,23-41H,3-5,21-22H2,1-2H3. The highest BCUT2D eigenvalue weighted by Crippen LogP contribution is 2.56. The Labute approximate surface area is 370 Å². The third-order valence-electron chi connectivity index (χ3n) is 14.4. The molecule has 2 heteroatoms. The van der Waals surface area contributed by atoms with E-state index in [0.29, 0.717) is 5.92 Å². The summed E-state index contributed by atoms with van der Waals surface area (Å²) in [5.74, 6) is 0.612. The van der Waals surface area contributed by atoms with E-state index in [0.717, 1.165) is 17.1 Å². The molecule has 0 amide bonds. The largest absolute Gasteiger partial charge is 0.309 e. The molecule has 0 atom stereocenters. The van der Waals surface area contributed by atoms with E-state index in [1.165, 1.54) is 120 Å². The minimum absolute atomic E-state index is 0.152. The number of para-hydroxylation sites is 5. The molecule has 0 bridgehead atoms. The van der Waals surface area contributed by atoms with Crippen LogP contribution in [0, 0.1) is 0 Å². The Kier molecular flexibility index (Phi) is 8.97. The van der Waals surface area contributed by atoms with Crippen LogP contribution in [0.25, 0.3) is 71.6 Å². The van der Waals surface area contributed by atoms with E-state index in [-0.39, 0.29) is 5.41 Å². The maximum absolute atomic E-state index is 2.59. The lowest BCUT2D eigenvalue weighted by Gasteiger charge is -2.32. The third kappa shape index (κ3) is 5.92. The number of fused-ring (bicyclic) bond motifs is 7. The summed E-state index contributed by atoms with van der Waals surface area (Å²) in [5.41, 5.74) is 18.6. The van der Waals surface area contributed by atoms with Crippen molar-refractivity contribution in [3.63, 3.8) is 0 Å². The quantitative estimate of drug-likeness (QED) is 0.156. The highest BCUT2D eigenvalue weighted by molar-refractivity contribution is 6.10. The van der Waals surface area contributed by atoms with Gasteiger partial charge in [0.05, 0.1) is 33.8 Å². The Balaban J connectivity index is 1.14. The fourth-order valence-electron chi connectivity index (χ4n) is 11.5. The summed E-state index contributed by atoms with van der Waals surface area (Å²) in [6.45, 7) is 4.77. The molecule has 2 aliphatic carbocycles. The van der Waals surface area contributed by atoms with E-state index >= 15 is 0 Å². The zero-order valence-corrected chi connectivity index (χ0v) is 36.1. The lowest BCUT2D eigenvalue weighted by molar-refractivity contribution is 0.445. The molecule has 1 heterocycles. The lowest BCUT2D eigenvalue weighted by Crippen LogP contribution is -2.16. The molecule has 1 aromatic heterocycles. The van der Waals surface area contributed by atoms with Gasteiger partial charge in [-0.2, -0.15) is 0 Å². The van der Waals surface area contributed by atoms with Crippen LogP contribution < -0.4 is 4.90 Å². The van der Waals surface area contributed by atoms with Gasteiger partial charge in [-0.1, -0.05) is 197 Å². The summed E-state index contributed by atoms with van der Waals surface area (Å²) in [6, 6.07) is 75.0. The molecule has 0 spiro atoms. The van der Waals surface area contributed by atoms with Crippen molar-refractivity contribution in [1.82, 2.24) is 4.57 Å². The van der Waals surface area contributed by atoms with Crippen LogP contribution in [0.4, 0.5) is 17.1 Å². The van der Waals surface area contributed by atoms with Crippen LogP contribution in [0.2, 0.25) is 0 Å². The highest BCUT2D eigenvalue weighted by Gasteiger charge is 2.38. The average Bonchev–Trinajstić information content (AvgIpc) is 3.80. The van der Waals surface area contributed by atoms with Gasteiger partial charge < -0.3 is 9.47 Å². The fraction of sp³-hybridized carbons (Fsp3) is 0.148. The molecule has 63 heavy (non-hydrogen) atoms. The number of anilines is 3. The minimum atomic E-state index is -0.152. The van der Waals surface area contributed by atoms with Crippen molar-refractivity contribution in [3.05, 3.63) is 217 Å². The molecule has 1 fully saturated rings. The number of hydrogen-bond donors (Lipinski definition) is 0. The zero-order valence-electron chi connectivity index (χ0n) is 36.1. The Morgan fingerprint density at radius 2 is 0.905 bits per heavy atom. The zero-order chi connectivity index (χ0) is 42.1.